The number of anilines is 1. The lowest BCUT2D eigenvalue weighted by molar-refractivity contribution is -0.137. The number of piperidine rings is 1. The summed E-state index contributed by atoms with van der Waals surface area (Å²) in [7, 11) is 0. The highest BCUT2D eigenvalue weighted by molar-refractivity contribution is 5.49. The zero-order valence-electron chi connectivity index (χ0n) is 15.4. The molecule has 1 aromatic carbocycles. The van der Waals surface area contributed by atoms with Gasteiger partial charge in [0.2, 0.25) is 0 Å². The van der Waals surface area contributed by atoms with Crippen LogP contribution in [0.3, 0.4) is 0 Å². The minimum atomic E-state index is -4.24. The largest absolute Gasteiger partial charge is 0.416 e. The smallest absolute Gasteiger partial charge is 0.369 e. The molecule has 0 saturated carbocycles. The first-order valence-electron chi connectivity index (χ1n) is 9.18. The number of rotatable bonds is 4. The third kappa shape index (κ3) is 6.04. The number of benzene rings is 1. The Bertz CT molecular complexity index is 623. The molecule has 0 radical (unpaired) electrons. The monoisotopic (exact) mass is 368 g/mol. The Morgan fingerprint density at radius 3 is 2.42 bits per heavy atom. The molecule has 4 nitrogen and oxygen atoms in total. The normalized spacial score (nSPS) is 17.6. The molecule has 1 aliphatic rings. The Kier molecular flexibility index (Phi) is 7.48. The quantitative estimate of drug-likeness (QED) is 0.747. The van der Waals surface area contributed by atoms with E-state index in [1.165, 1.54) is 19.3 Å². The van der Waals surface area contributed by atoms with E-state index < -0.39 is 11.7 Å². The first-order chi connectivity index (χ1) is 12.4. The Labute approximate surface area is 153 Å². The second kappa shape index (κ2) is 9.59. The van der Waals surface area contributed by atoms with E-state index in [1.807, 2.05) is 4.68 Å². The van der Waals surface area contributed by atoms with Crippen LogP contribution in [-0.4, -0.2) is 27.4 Å². The fourth-order valence-corrected chi connectivity index (χ4v) is 2.99. The predicted molar refractivity (Wildman–Crippen MR) is 97.0 cm³/mol. The van der Waals surface area contributed by atoms with Crippen LogP contribution in [0.1, 0.15) is 51.5 Å². The summed E-state index contributed by atoms with van der Waals surface area (Å²) in [6.45, 7) is 6.22. The molecule has 2 heterocycles. The molecule has 0 amide bonds. The van der Waals surface area contributed by atoms with Gasteiger partial charge in [-0.3, -0.25) is 4.68 Å². The summed E-state index contributed by atoms with van der Waals surface area (Å²) in [5.74, 6) is 0. The molecule has 144 valence electrons. The topological polar surface area (TPSA) is 34.0 Å². The van der Waals surface area contributed by atoms with Crippen LogP contribution in [0.4, 0.5) is 18.9 Å². The summed E-state index contributed by atoms with van der Waals surface area (Å²) in [6, 6.07) is 5.89. The zero-order valence-corrected chi connectivity index (χ0v) is 15.4. The van der Waals surface area contributed by atoms with E-state index in [0.717, 1.165) is 43.8 Å². The van der Waals surface area contributed by atoms with Gasteiger partial charge in [-0.1, -0.05) is 13.3 Å². The fraction of sp³-hybridized carbons (Fsp3) is 0.579. The highest BCUT2D eigenvalue weighted by atomic mass is 19.4. The van der Waals surface area contributed by atoms with Crippen LogP contribution in [0, 0.1) is 0 Å². The number of hydrogen-bond acceptors (Lipinski definition) is 3. The number of nitrogens with zero attached hydrogens (tertiary/aromatic N) is 4. The van der Waals surface area contributed by atoms with Gasteiger partial charge in [0, 0.05) is 24.8 Å². The van der Waals surface area contributed by atoms with Crippen LogP contribution in [0.15, 0.2) is 36.9 Å². The molecular formula is C19H27F3N4. The van der Waals surface area contributed by atoms with Crippen LogP contribution in [-0.2, 0) is 12.7 Å². The summed E-state index contributed by atoms with van der Waals surface area (Å²) in [5.41, 5.74) is 0.316. The van der Waals surface area contributed by atoms with Crippen LogP contribution in [0.2, 0.25) is 0 Å². The maximum absolute atomic E-state index is 12.4. The molecule has 1 unspecified atom stereocenters. The SMILES string of the molecule is CC1CCCCN1c1ccc(C(F)(F)F)cc1.CCCCn1cncn1. The van der Waals surface area contributed by atoms with Gasteiger partial charge < -0.3 is 4.90 Å². The van der Waals surface area contributed by atoms with Crippen molar-refractivity contribution in [2.75, 3.05) is 11.4 Å². The molecule has 1 aliphatic heterocycles. The average molecular weight is 368 g/mol. The molecule has 2 aromatic rings. The van der Waals surface area contributed by atoms with Crippen molar-refractivity contribution in [3.8, 4) is 0 Å². The minimum Gasteiger partial charge on any atom is -0.369 e. The molecule has 0 aliphatic carbocycles. The van der Waals surface area contributed by atoms with E-state index in [1.54, 1.807) is 24.8 Å². The molecule has 1 atom stereocenters. The summed E-state index contributed by atoms with van der Waals surface area (Å²) in [4.78, 5) is 6.01. The standard InChI is InChI=1S/C13H16F3N.C6H11N3/c1-10-4-2-3-9-17(10)12-7-5-11(6-8-12)13(14,15)16;1-2-3-4-9-6-7-5-8-9/h5-8,10H,2-4,9H2,1H3;5-6H,2-4H2,1H3. The van der Waals surface area contributed by atoms with Crippen LogP contribution in [0.5, 0.6) is 0 Å². The molecule has 1 aromatic heterocycles. The molecule has 0 N–H and O–H groups in total. The van der Waals surface area contributed by atoms with Gasteiger partial charge in [0.15, 0.2) is 0 Å². The fourth-order valence-electron chi connectivity index (χ4n) is 2.99. The molecule has 0 bridgehead atoms. The van der Waals surface area contributed by atoms with Gasteiger partial charge in [-0.2, -0.15) is 18.3 Å². The molecule has 7 heteroatoms. The van der Waals surface area contributed by atoms with Gasteiger partial charge in [-0.05, 0) is 56.9 Å². The molecule has 26 heavy (non-hydrogen) atoms. The van der Waals surface area contributed by atoms with Crippen molar-refractivity contribution < 1.29 is 13.2 Å². The van der Waals surface area contributed by atoms with Crippen molar-refractivity contribution in [3.63, 3.8) is 0 Å². The van der Waals surface area contributed by atoms with Gasteiger partial charge >= 0.3 is 6.18 Å². The predicted octanol–water partition coefficient (Wildman–Crippen LogP) is 5.16. The third-order valence-electron chi connectivity index (χ3n) is 4.54. The van der Waals surface area contributed by atoms with Gasteiger partial charge in [-0.25, -0.2) is 4.98 Å². The number of hydrogen-bond donors (Lipinski definition) is 0. The van der Waals surface area contributed by atoms with E-state index in [2.05, 4.69) is 28.8 Å². The summed E-state index contributed by atoms with van der Waals surface area (Å²) in [5, 5.41) is 3.96. The van der Waals surface area contributed by atoms with E-state index >= 15 is 0 Å². The van der Waals surface area contributed by atoms with Gasteiger partial charge in [-0.15, -0.1) is 0 Å². The van der Waals surface area contributed by atoms with Crippen LogP contribution >= 0.6 is 0 Å². The number of aromatic nitrogens is 3. The second-order valence-electron chi connectivity index (χ2n) is 6.59. The number of unbranched alkanes of at least 4 members (excludes halogenated alkanes) is 1. The highest BCUT2D eigenvalue weighted by Gasteiger charge is 2.30. The maximum atomic E-state index is 12.4. The van der Waals surface area contributed by atoms with Crippen molar-refractivity contribution in [1.29, 1.82) is 0 Å². The first-order valence-corrected chi connectivity index (χ1v) is 9.18. The van der Waals surface area contributed by atoms with Gasteiger partial charge in [0.1, 0.15) is 12.7 Å². The van der Waals surface area contributed by atoms with Crippen LogP contribution < -0.4 is 4.90 Å². The van der Waals surface area contributed by atoms with Crippen molar-refractivity contribution in [1.82, 2.24) is 14.8 Å². The lowest BCUT2D eigenvalue weighted by Crippen LogP contribution is -2.37. The van der Waals surface area contributed by atoms with Gasteiger partial charge in [0.05, 0.1) is 5.56 Å². The lowest BCUT2D eigenvalue weighted by atomic mass is 10.0. The average Bonchev–Trinajstić information content (AvgIpc) is 3.14. The number of alkyl halides is 3. The minimum absolute atomic E-state index is 0.417. The molecular weight excluding hydrogens is 341 g/mol. The molecule has 0 spiro atoms. The lowest BCUT2D eigenvalue weighted by Gasteiger charge is -2.35. The second-order valence-corrected chi connectivity index (χ2v) is 6.59. The van der Waals surface area contributed by atoms with Crippen LogP contribution in [0.25, 0.3) is 0 Å². The Morgan fingerprint density at radius 1 is 1.15 bits per heavy atom. The van der Waals surface area contributed by atoms with Gasteiger partial charge in [0.25, 0.3) is 0 Å². The van der Waals surface area contributed by atoms with Crippen molar-refractivity contribution in [2.45, 2.75) is 64.7 Å². The van der Waals surface area contributed by atoms with E-state index in [4.69, 9.17) is 0 Å². The van der Waals surface area contributed by atoms with Crippen molar-refractivity contribution >= 4 is 5.69 Å². The molecule has 1 saturated heterocycles. The summed E-state index contributed by atoms with van der Waals surface area (Å²) < 4.78 is 39.1. The van der Waals surface area contributed by atoms with E-state index in [0.29, 0.717) is 6.04 Å². The first kappa shape index (κ1) is 20.3. The number of halogens is 3. The van der Waals surface area contributed by atoms with E-state index in [-0.39, 0.29) is 0 Å². The van der Waals surface area contributed by atoms with Crippen molar-refractivity contribution in [3.05, 3.63) is 42.5 Å². The van der Waals surface area contributed by atoms with E-state index in [9.17, 15) is 13.2 Å². The zero-order chi connectivity index (χ0) is 19.0. The Hall–Kier alpha value is -2.05. The molecule has 3 rings (SSSR count). The summed E-state index contributed by atoms with van der Waals surface area (Å²) >= 11 is 0. The number of aryl methyl sites for hydroxylation is 1. The highest BCUT2D eigenvalue weighted by Crippen LogP contribution is 2.31. The summed E-state index contributed by atoms with van der Waals surface area (Å²) in [6.07, 6.45) is 4.89. The molecule has 1 fully saturated rings. The third-order valence-corrected chi connectivity index (χ3v) is 4.54. The Morgan fingerprint density at radius 2 is 1.88 bits per heavy atom. The van der Waals surface area contributed by atoms with Crippen molar-refractivity contribution in [2.24, 2.45) is 0 Å². The Balaban J connectivity index is 0.000000228. The maximum Gasteiger partial charge on any atom is 0.416 e.